The Balaban J connectivity index is 1.79. The molecule has 0 saturated heterocycles. The van der Waals surface area contributed by atoms with Gasteiger partial charge in [-0.2, -0.15) is 8.78 Å². The molecular weight excluding hydrogens is 418 g/mol. The number of rotatable bonds is 9. The number of unbranched alkanes of at least 4 members (excludes halogenated alkanes) is 4. The largest absolute Gasteiger partial charge is 0.432 e. The molecule has 0 saturated carbocycles. The fourth-order valence-corrected chi connectivity index (χ4v) is 3.46. The standard InChI is InChI=1S/C24H22F6O/c1-2-3-4-5-6-7-15-10-21(27)23(22(28)11-15)24(29,30)31-18-9-8-16-13-19(25)20(26)14-17(16)12-18/h8-14H,2-7H2,1H3. The maximum atomic E-state index is 14.6. The first-order valence-electron chi connectivity index (χ1n) is 10.2. The van der Waals surface area contributed by atoms with Gasteiger partial charge < -0.3 is 4.74 Å². The van der Waals surface area contributed by atoms with Gasteiger partial charge in [0.05, 0.1) is 0 Å². The number of aryl methyl sites for hydroxylation is 1. The molecule has 0 aliphatic heterocycles. The van der Waals surface area contributed by atoms with Crippen LogP contribution in [0.5, 0.6) is 5.75 Å². The lowest BCUT2D eigenvalue weighted by atomic mass is 10.0. The fourth-order valence-electron chi connectivity index (χ4n) is 3.46. The van der Waals surface area contributed by atoms with Gasteiger partial charge in [-0.05, 0) is 65.6 Å². The van der Waals surface area contributed by atoms with Gasteiger partial charge in [-0.1, -0.05) is 38.7 Å². The molecule has 7 heteroatoms. The number of fused-ring (bicyclic) bond motifs is 1. The Kier molecular flexibility index (Phi) is 7.13. The average Bonchev–Trinajstić information content (AvgIpc) is 2.68. The van der Waals surface area contributed by atoms with E-state index in [0.29, 0.717) is 18.4 Å². The Bertz CT molecular complexity index is 1040. The van der Waals surface area contributed by atoms with Gasteiger partial charge in [-0.25, -0.2) is 17.6 Å². The zero-order valence-corrected chi connectivity index (χ0v) is 17.0. The summed E-state index contributed by atoms with van der Waals surface area (Å²) in [5, 5.41) is 0.363. The number of halogens is 6. The van der Waals surface area contributed by atoms with E-state index in [1.807, 2.05) is 0 Å². The molecule has 0 fully saturated rings. The van der Waals surface area contributed by atoms with Crippen molar-refractivity contribution in [3.63, 3.8) is 0 Å². The van der Waals surface area contributed by atoms with Crippen molar-refractivity contribution in [1.82, 2.24) is 0 Å². The first kappa shape index (κ1) is 23.0. The summed E-state index contributed by atoms with van der Waals surface area (Å²) in [7, 11) is 0. The molecule has 166 valence electrons. The highest BCUT2D eigenvalue weighted by Gasteiger charge is 2.41. The smallest absolute Gasteiger partial charge is 0.429 e. The first-order valence-corrected chi connectivity index (χ1v) is 10.2. The lowest BCUT2D eigenvalue weighted by Gasteiger charge is -2.20. The van der Waals surface area contributed by atoms with Crippen molar-refractivity contribution >= 4 is 10.8 Å². The van der Waals surface area contributed by atoms with E-state index in [4.69, 9.17) is 0 Å². The van der Waals surface area contributed by atoms with Crippen LogP contribution < -0.4 is 4.74 Å². The van der Waals surface area contributed by atoms with Gasteiger partial charge in [0.1, 0.15) is 22.9 Å². The van der Waals surface area contributed by atoms with Crippen LogP contribution in [0.3, 0.4) is 0 Å². The van der Waals surface area contributed by atoms with Gasteiger partial charge >= 0.3 is 6.11 Å². The van der Waals surface area contributed by atoms with Crippen molar-refractivity contribution in [3.8, 4) is 5.75 Å². The summed E-state index contributed by atoms with van der Waals surface area (Å²) in [4.78, 5) is 0. The molecule has 3 aromatic carbocycles. The highest BCUT2D eigenvalue weighted by atomic mass is 19.3. The summed E-state index contributed by atoms with van der Waals surface area (Å²) >= 11 is 0. The zero-order valence-electron chi connectivity index (χ0n) is 17.0. The molecule has 0 heterocycles. The second-order valence-electron chi connectivity index (χ2n) is 7.49. The van der Waals surface area contributed by atoms with Crippen molar-refractivity contribution in [1.29, 1.82) is 0 Å². The van der Waals surface area contributed by atoms with Crippen LogP contribution in [0.15, 0.2) is 42.5 Å². The van der Waals surface area contributed by atoms with Gasteiger partial charge in [-0.15, -0.1) is 0 Å². The summed E-state index contributed by atoms with van der Waals surface area (Å²) in [6.07, 6.45) is 0.826. The maximum absolute atomic E-state index is 14.6. The number of alkyl halides is 2. The van der Waals surface area contributed by atoms with Crippen molar-refractivity contribution in [3.05, 3.63) is 76.9 Å². The van der Waals surface area contributed by atoms with Crippen LogP contribution >= 0.6 is 0 Å². The van der Waals surface area contributed by atoms with Gasteiger partial charge in [0.2, 0.25) is 0 Å². The predicted octanol–water partition coefficient (Wildman–Crippen LogP) is 8.04. The zero-order chi connectivity index (χ0) is 22.6. The summed E-state index contributed by atoms with van der Waals surface area (Å²) in [6, 6.07) is 6.92. The van der Waals surface area contributed by atoms with E-state index in [0.717, 1.165) is 62.1 Å². The van der Waals surface area contributed by atoms with Crippen LogP contribution in [0, 0.1) is 23.3 Å². The summed E-state index contributed by atoms with van der Waals surface area (Å²) < 4.78 is 89.2. The Morgan fingerprint density at radius 1 is 0.710 bits per heavy atom. The Labute approximate surface area is 176 Å². The van der Waals surface area contributed by atoms with E-state index < -0.39 is 40.7 Å². The molecule has 0 N–H and O–H groups in total. The van der Waals surface area contributed by atoms with Crippen molar-refractivity contribution in [2.24, 2.45) is 0 Å². The fraction of sp³-hybridized carbons (Fsp3) is 0.333. The van der Waals surface area contributed by atoms with Gasteiger partial charge in [0, 0.05) is 0 Å². The number of hydrogen-bond donors (Lipinski definition) is 0. The molecule has 0 radical (unpaired) electrons. The third kappa shape index (κ3) is 5.51. The van der Waals surface area contributed by atoms with Crippen molar-refractivity contribution < 1.29 is 31.1 Å². The minimum Gasteiger partial charge on any atom is -0.429 e. The lowest BCUT2D eigenvalue weighted by molar-refractivity contribution is -0.189. The van der Waals surface area contributed by atoms with Gasteiger partial charge in [-0.3, -0.25) is 0 Å². The van der Waals surface area contributed by atoms with E-state index >= 15 is 0 Å². The summed E-state index contributed by atoms with van der Waals surface area (Å²) in [6.45, 7) is 2.07. The number of hydrogen-bond acceptors (Lipinski definition) is 1. The topological polar surface area (TPSA) is 9.23 Å². The lowest BCUT2D eigenvalue weighted by Crippen LogP contribution is -2.25. The molecule has 0 bridgehead atoms. The highest BCUT2D eigenvalue weighted by molar-refractivity contribution is 5.84. The monoisotopic (exact) mass is 440 g/mol. The quantitative estimate of drug-likeness (QED) is 0.242. The molecule has 0 aliphatic carbocycles. The van der Waals surface area contributed by atoms with Crippen LogP contribution in [0.4, 0.5) is 26.3 Å². The number of benzene rings is 3. The Morgan fingerprint density at radius 2 is 1.32 bits per heavy atom. The Hall–Kier alpha value is -2.70. The van der Waals surface area contributed by atoms with Crippen LogP contribution in [-0.2, 0) is 12.5 Å². The maximum Gasteiger partial charge on any atom is 0.432 e. The first-order chi connectivity index (χ1) is 14.7. The summed E-state index contributed by atoms with van der Waals surface area (Å²) in [5.74, 6) is -5.48. The average molecular weight is 440 g/mol. The molecule has 1 nitrogen and oxygen atoms in total. The second-order valence-corrected chi connectivity index (χ2v) is 7.49. The minimum atomic E-state index is -4.31. The third-order valence-corrected chi connectivity index (χ3v) is 5.06. The molecule has 0 aliphatic rings. The van der Waals surface area contributed by atoms with Gasteiger partial charge in [0.25, 0.3) is 0 Å². The molecule has 3 aromatic rings. The van der Waals surface area contributed by atoms with E-state index in [1.54, 1.807) is 0 Å². The highest BCUT2D eigenvalue weighted by Crippen LogP contribution is 2.36. The van der Waals surface area contributed by atoms with Crippen LogP contribution in [0.2, 0.25) is 0 Å². The van der Waals surface area contributed by atoms with Gasteiger partial charge in [0.15, 0.2) is 11.6 Å². The molecule has 3 rings (SSSR count). The minimum absolute atomic E-state index is 0.103. The van der Waals surface area contributed by atoms with Crippen molar-refractivity contribution in [2.45, 2.75) is 51.6 Å². The van der Waals surface area contributed by atoms with E-state index in [-0.39, 0.29) is 10.8 Å². The van der Waals surface area contributed by atoms with E-state index in [2.05, 4.69) is 11.7 Å². The third-order valence-electron chi connectivity index (χ3n) is 5.06. The van der Waals surface area contributed by atoms with Crippen molar-refractivity contribution in [2.75, 3.05) is 0 Å². The van der Waals surface area contributed by atoms with E-state index in [9.17, 15) is 26.3 Å². The number of ether oxygens (including phenoxy) is 1. The normalized spacial score (nSPS) is 11.8. The van der Waals surface area contributed by atoms with Crippen LogP contribution in [0.1, 0.15) is 50.2 Å². The molecule has 0 spiro atoms. The SMILES string of the molecule is CCCCCCCc1cc(F)c(C(F)(F)Oc2ccc3cc(F)c(F)cc3c2)c(F)c1. The van der Waals surface area contributed by atoms with Crippen LogP contribution in [0.25, 0.3) is 10.8 Å². The predicted molar refractivity (Wildman–Crippen MR) is 107 cm³/mol. The molecule has 31 heavy (non-hydrogen) atoms. The Morgan fingerprint density at radius 3 is 1.97 bits per heavy atom. The molecule has 0 atom stereocenters. The summed E-state index contributed by atoms with van der Waals surface area (Å²) in [5.41, 5.74) is -1.19. The molecule has 0 amide bonds. The molecular formula is C24H22F6O. The molecule has 0 aromatic heterocycles. The van der Waals surface area contributed by atoms with Crippen LogP contribution in [-0.4, -0.2) is 0 Å². The molecule has 0 unspecified atom stereocenters. The van der Waals surface area contributed by atoms with E-state index in [1.165, 1.54) is 6.07 Å². The second kappa shape index (κ2) is 9.62.